The number of amides is 1. The first kappa shape index (κ1) is 17.3. The van der Waals surface area contributed by atoms with Gasteiger partial charge in [0.2, 0.25) is 5.91 Å². The summed E-state index contributed by atoms with van der Waals surface area (Å²) in [5, 5.41) is 12.6. The summed E-state index contributed by atoms with van der Waals surface area (Å²) in [6.45, 7) is 6.68. The highest BCUT2D eigenvalue weighted by Gasteiger charge is 2.19. The van der Waals surface area contributed by atoms with Crippen LogP contribution in [0.4, 0.5) is 11.4 Å². The van der Waals surface area contributed by atoms with Crippen LogP contribution in [0.1, 0.15) is 20.8 Å². The maximum absolute atomic E-state index is 12.1. The van der Waals surface area contributed by atoms with E-state index in [0.29, 0.717) is 30.2 Å². The Balaban J connectivity index is 2.64. The van der Waals surface area contributed by atoms with E-state index in [1.807, 2.05) is 11.8 Å². The SMILES string of the molecule is CCN(CC(=O)Nc1ccc(OC)cc1N)CC(C)(C)O. The molecule has 0 heterocycles. The second-order valence-corrected chi connectivity index (χ2v) is 5.62. The molecule has 0 spiro atoms. The molecule has 0 atom stereocenters. The normalized spacial score (nSPS) is 11.5. The fourth-order valence-corrected chi connectivity index (χ4v) is 2.00. The lowest BCUT2D eigenvalue weighted by Gasteiger charge is -2.27. The molecule has 1 aromatic rings. The molecule has 4 N–H and O–H groups in total. The van der Waals surface area contributed by atoms with Crippen LogP contribution in [0.2, 0.25) is 0 Å². The number of nitrogens with zero attached hydrogens (tertiary/aromatic N) is 1. The number of rotatable bonds is 7. The lowest BCUT2D eigenvalue weighted by atomic mass is 10.1. The smallest absolute Gasteiger partial charge is 0.238 e. The molecule has 1 rings (SSSR count). The van der Waals surface area contributed by atoms with Gasteiger partial charge in [0, 0.05) is 12.6 Å². The molecule has 6 nitrogen and oxygen atoms in total. The topological polar surface area (TPSA) is 87.8 Å². The van der Waals surface area contributed by atoms with Crippen LogP contribution in [-0.2, 0) is 4.79 Å². The van der Waals surface area contributed by atoms with Gasteiger partial charge in [-0.25, -0.2) is 0 Å². The molecular weight excluding hydrogens is 270 g/mol. The van der Waals surface area contributed by atoms with Crippen molar-refractivity contribution in [3.05, 3.63) is 18.2 Å². The Hall–Kier alpha value is -1.79. The zero-order chi connectivity index (χ0) is 16.0. The summed E-state index contributed by atoms with van der Waals surface area (Å²) in [6, 6.07) is 5.10. The fourth-order valence-electron chi connectivity index (χ4n) is 2.00. The molecule has 118 valence electrons. The molecule has 1 aromatic carbocycles. The molecule has 21 heavy (non-hydrogen) atoms. The van der Waals surface area contributed by atoms with E-state index in [4.69, 9.17) is 10.5 Å². The lowest BCUT2D eigenvalue weighted by molar-refractivity contribution is -0.117. The van der Waals surface area contributed by atoms with E-state index in [2.05, 4.69) is 5.32 Å². The molecule has 0 aromatic heterocycles. The molecule has 0 radical (unpaired) electrons. The van der Waals surface area contributed by atoms with Gasteiger partial charge >= 0.3 is 0 Å². The maximum atomic E-state index is 12.1. The Morgan fingerprint density at radius 3 is 2.62 bits per heavy atom. The summed E-state index contributed by atoms with van der Waals surface area (Å²) in [4.78, 5) is 13.9. The van der Waals surface area contributed by atoms with E-state index in [9.17, 15) is 9.90 Å². The Morgan fingerprint density at radius 1 is 1.48 bits per heavy atom. The number of nitrogen functional groups attached to an aromatic ring is 1. The third kappa shape index (κ3) is 6.01. The van der Waals surface area contributed by atoms with Crippen LogP contribution in [0.5, 0.6) is 5.75 Å². The summed E-state index contributed by atoms with van der Waals surface area (Å²) in [6.07, 6.45) is 0. The van der Waals surface area contributed by atoms with Gasteiger partial charge in [0.25, 0.3) is 0 Å². The van der Waals surface area contributed by atoms with Crippen LogP contribution < -0.4 is 15.8 Å². The molecule has 1 amide bonds. The van der Waals surface area contributed by atoms with Crippen molar-refractivity contribution in [1.29, 1.82) is 0 Å². The number of ether oxygens (including phenoxy) is 1. The summed E-state index contributed by atoms with van der Waals surface area (Å²) in [7, 11) is 1.56. The molecular formula is C15H25N3O3. The number of carbonyl (C=O) groups excluding carboxylic acids is 1. The Bertz CT molecular complexity index is 484. The molecule has 0 saturated heterocycles. The van der Waals surface area contributed by atoms with Gasteiger partial charge in [-0.05, 0) is 32.5 Å². The van der Waals surface area contributed by atoms with Crippen LogP contribution in [0.3, 0.4) is 0 Å². The van der Waals surface area contributed by atoms with E-state index in [1.54, 1.807) is 39.2 Å². The Labute approximate surface area is 125 Å². The first-order valence-electron chi connectivity index (χ1n) is 6.93. The number of benzene rings is 1. The predicted molar refractivity (Wildman–Crippen MR) is 84.4 cm³/mol. The van der Waals surface area contributed by atoms with E-state index in [-0.39, 0.29) is 12.5 Å². The van der Waals surface area contributed by atoms with Gasteiger partial charge in [-0.15, -0.1) is 0 Å². The quantitative estimate of drug-likeness (QED) is 0.660. The van der Waals surface area contributed by atoms with E-state index in [0.717, 1.165) is 0 Å². The van der Waals surface area contributed by atoms with E-state index < -0.39 is 5.60 Å². The van der Waals surface area contributed by atoms with Gasteiger partial charge in [-0.1, -0.05) is 6.92 Å². The minimum atomic E-state index is -0.838. The molecule has 0 aliphatic heterocycles. The highest BCUT2D eigenvalue weighted by molar-refractivity contribution is 5.95. The van der Waals surface area contributed by atoms with Gasteiger partial charge in [0.05, 0.1) is 30.6 Å². The van der Waals surface area contributed by atoms with E-state index in [1.165, 1.54) is 0 Å². The number of likely N-dealkylation sites (N-methyl/N-ethyl adjacent to an activating group) is 1. The zero-order valence-electron chi connectivity index (χ0n) is 13.1. The standard InChI is InChI=1S/C15H25N3O3/c1-5-18(10-15(2,3)20)9-14(19)17-13-7-6-11(21-4)8-12(13)16/h6-8,20H,5,9-10,16H2,1-4H3,(H,17,19). The minimum absolute atomic E-state index is 0.169. The number of nitrogens with one attached hydrogen (secondary N) is 1. The fraction of sp³-hybridized carbons (Fsp3) is 0.533. The Kier molecular flexibility index (Phi) is 5.99. The first-order chi connectivity index (χ1) is 9.75. The lowest BCUT2D eigenvalue weighted by Crippen LogP contribution is -2.42. The van der Waals surface area contributed by atoms with Gasteiger partial charge in [-0.3, -0.25) is 9.69 Å². The highest BCUT2D eigenvalue weighted by atomic mass is 16.5. The minimum Gasteiger partial charge on any atom is -0.497 e. The molecule has 0 saturated carbocycles. The third-order valence-corrected chi connectivity index (χ3v) is 2.96. The van der Waals surface area contributed by atoms with Crippen molar-refractivity contribution in [2.24, 2.45) is 0 Å². The Morgan fingerprint density at radius 2 is 2.14 bits per heavy atom. The molecule has 0 bridgehead atoms. The maximum Gasteiger partial charge on any atom is 0.238 e. The summed E-state index contributed by atoms with van der Waals surface area (Å²) in [5.74, 6) is 0.473. The highest BCUT2D eigenvalue weighted by Crippen LogP contribution is 2.23. The third-order valence-electron chi connectivity index (χ3n) is 2.96. The molecule has 0 aliphatic carbocycles. The second-order valence-electron chi connectivity index (χ2n) is 5.62. The van der Waals surface area contributed by atoms with E-state index >= 15 is 0 Å². The van der Waals surface area contributed by atoms with Crippen molar-refractivity contribution in [3.8, 4) is 5.75 Å². The number of anilines is 2. The number of aliphatic hydroxyl groups is 1. The number of hydrogen-bond acceptors (Lipinski definition) is 5. The van der Waals surface area contributed by atoms with Crippen molar-refractivity contribution >= 4 is 17.3 Å². The van der Waals surface area contributed by atoms with Crippen LogP contribution >= 0.6 is 0 Å². The van der Waals surface area contributed by atoms with Crippen LogP contribution in [-0.4, -0.2) is 48.3 Å². The second kappa shape index (κ2) is 7.28. The molecule has 0 aliphatic rings. The average molecular weight is 295 g/mol. The van der Waals surface area contributed by atoms with Gasteiger partial charge in [-0.2, -0.15) is 0 Å². The van der Waals surface area contributed by atoms with Crippen molar-refractivity contribution in [1.82, 2.24) is 4.90 Å². The number of methoxy groups -OCH3 is 1. The summed E-state index contributed by atoms with van der Waals surface area (Å²) < 4.78 is 5.06. The summed E-state index contributed by atoms with van der Waals surface area (Å²) in [5.41, 5.74) is 6.03. The molecule has 0 fully saturated rings. The van der Waals surface area contributed by atoms with Crippen molar-refractivity contribution < 1.29 is 14.6 Å². The van der Waals surface area contributed by atoms with Gasteiger partial charge < -0.3 is 20.9 Å². The number of hydrogen-bond donors (Lipinski definition) is 3. The average Bonchev–Trinajstić information content (AvgIpc) is 2.38. The summed E-state index contributed by atoms with van der Waals surface area (Å²) >= 11 is 0. The van der Waals surface area contributed by atoms with Crippen LogP contribution in [0.25, 0.3) is 0 Å². The van der Waals surface area contributed by atoms with Gasteiger partial charge in [0.15, 0.2) is 0 Å². The van der Waals surface area contributed by atoms with Crippen molar-refractivity contribution in [3.63, 3.8) is 0 Å². The monoisotopic (exact) mass is 295 g/mol. The number of nitrogens with two attached hydrogens (primary N) is 1. The van der Waals surface area contributed by atoms with Crippen LogP contribution in [0.15, 0.2) is 18.2 Å². The van der Waals surface area contributed by atoms with Gasteiger partial charge in [0.1, 0.15) is 5.75 Å². The predicted octanol–water partition coefficient (Wildman–Crippen LogP) is 1.31. The largest absolute Gasteiger partial charge is 0.497 e. The first-order valence-corrected chi connectivity index (χ1v) is 6.93. The zero-order valence-corrected chi connectivity index (χ0v) is 13.1. The van der Waals surface area contributed by atoms with Crippen LogP contribution in [0, 0.1) is 0 Å². The van der Waals surface area contributed by atoms with Crippen molar-refractivity contribution in [2.45, 2.75) is 26.4 Å². The number of carbonyl (C=O) groups is 1. The molecule has 6 heteroatoms. The van der Waals surface area contributed by atoms with Crippen molar-refractivity contribution in [2.75, 3.05) is 37.8 Å². The molecule has 0 unspecified atom stereocenters.